The second-order valence-corrected chi connectivity index (χ2v) is 6.96. The van der Waals surface area contributed by atoms with Crippen molar-refractivity contribution in [2.75, 3.05) is 0 Å². The van der Waals surface area contributed by atoms with Crippen LogP contribution in [0.4, 0.5) is 0 Å². The van der Waals surface area contributed by atoms with Crippen LogP contribution in [0.5, 0.6) is 0 Å². The van der Waals surface area contributed by atoms with Crippen LogP contribution in [0.25, 0.3) is 5.69 Å². The molecule has 0 saturated heterocycles. The summed E-state index contributed by atoms with van der Waals surface area (Å²) in [5.74, 6) is 0.195. The molecule has 3 nitrogen and oxygen atoms in total. The van der Waals surface area contributed by atoms with E-state index in [-0.39, 0.29) is 16.0 Å². The first-order valence-electron chi connectivity index (χ1n) is 6.74. The summed E-state index contributed by atoms with van der Waals surface area (Å²) < 4.78 is 1.91. The molecule has 1 aliphatic rings. The molecule has 0 aliphatic heterocycles. The Hall–Kier alpha value is -1.42. The SMILES string of the molecule is Cc1nn(-c2ccccc2)c2c1C(=O)CC(C)(C)[C@@H]2Br. The van der Waals surface area contributed by atoms with Crippen LogP contribution >= 0.6 is 15.9 Å². The molecule has 0 N–H and O–H groups in total. The molecule has 1 atom stereocenters. The maximum absolute atomic E-state index is 12.4. The Balaban J connectivity index is 2.26. The lowest BCUT2D eigenvalue weighted by molar-refractivity contribution is 0.0909. The molecule has 0 bridgehead atoms. The van der Waals surface area contributed by atoms with Gasteiger partial charge in [-0.1, -0.05) is 48.0 Å². The molecular formula is C16H17BrN2O. The van der Waals surface area contributed by atoms with Gasteiger partial charge in [-0.2, -0.15) is 5.10 Å². The van der Waals surface area contributed by atoms with Gasteiger partial charge in [-0.15, -0.1) is 0 Å². The minimum absolute atomic E-state index is 0.108. The van der Waals surface area contributed by atoms with Gasteiger partial charge in [0.2, 0.25) is 0 Å². The second kappa shape index (κ2) is 4.55. The van der Waals surface area contributed by atoms with E-state index >= 15 is 0 Å². The predicted octanol–water partition coefficient (Wildman–Crippen LogP) is 4.23. The maximum atomic E-state index is 12.4. The van der Waals surface area contributed by atoms with Crippen molar-refractivity contribution in [1.29, 1.82) is 0 Å². The van der Waals surface area contributed by atoms with Gasteiger partial charge >= 0.3 is 0 Å². The number of benzene rings is 1. The fourth-order valence-electron chi connectivity index (χ4n) is 2.85. The third-order valence-electron chi connectivity index (χ3n) is 3.92. The number of rotatable bonds is 1. The monoisotopic (exact) mass is 332 g/mol. The van der Waals surface area contributed by atoms with Gasteiger partial charge in [-0.25, -0.2) is 4.68 Å². The van der Waals surface area contributed by atoms with Crippen LogP contribution in [-0.4, -0.2) is 15.6 Å². The maximum Gasteiger partial charge on any atom is 0.167 e. The number of hydrogen-bond acceptors (Lipinski definition) is 2. The summed E-state index contributed by atoms with van der Waals surface area (Å²) in [5.41, 5.74) is 3.47. The fourth-order valence-corrected chi connectivity index (χ4v) is 3.44. The van der Waals surface area contributed by atoms with Gasteiger partial charge in [0, 0.05) is 6.42 Å². The molecule has 2 aromatic rings. The summed E-state index contributed by atoms with van der Waals surface area (Å²) in [6.45, 7) is 6.14. The van der Waals surface area contributed by atoms with E-state index in [9.17, 15) is 4.79 Å². The van der Waals surface area contributed by atoms with Gasteiger partial charge < -0.3 is 0 Å². The first-order chi connectivity index (χ1) is 9.42. The lowest BCUT2D eigenvalue weighted by Gasteiger charge is -2.34. The van der Waals surface area contributed by atoms with Gasteiger partial charge in [-0.05, 0) is 24.5 Å². The van der Waals surface area contributed by atoms with E-state index in [0.717, 1.165) is 22.6 Å². The number of nitrogens with zero attached hydrogens (tertiary/aromatic N) is 2. The average molecular weight is 333 g/mol. The van der Waals surface area contributed by atoms with Crippen LogP contribution in [0.3, 0.4) is 0 Å². The summed E-state index contributed by atoms with van der Waals surface area (Å²) in [7, 11) is 0. The van der Waals surface area contributed by atoms with Crippen LogP contribution in [0, 0.1) is 12.3 Å². The fraction of sp³-hybridized carbons (Fsp3) is 0.375. The van der Waals surface area contributed by atoms with Crippen molar-refractivity contribution in [3.8, 4) is 5.69 Å². The summed E-state index contributed by atoms with van der Waals surface area (Å²) in [6.07, 6.45) is 0.553. The predicted molar refractivity (Wildman–Crippen MR) is 82.7 cm³/mol. The summed E-state index contributed by atoms with van der Waals surface area (Å²) in [5, 5.41) is 4.59. The van der Waals surface area contributed by atoms with E-state index in [4.69, 9.17) is 0 Å². The zero-order valence-electron chi connectivity index (χ0n) is 11.9. The van der Waals surface area contributed by atoms with E-state index < -0.39 is 0 Å². The first-order valence-corrected chi connectivity index (χ1v) is 7.65. The number of carbonyl (C=O) groups excluding carboxylic acids is 1. The number of aromatic nitrogens is 2. The van der Waals surface area contributed by atoms with Crippen LogP contribution in [-0.2, 0) is 0 Å². The second-order valence-electron chi connectivity index (χ2n) is 6.04. The lowest BCUT2D eigenvalue weighted by Crippen LogP contribution is -2.30. The van der Waals surface area contributed by atoms with E-state index in [1.165, 1.54) is 0 Å². The molecule has 4 heteroatoms. The van der Waals surface area contributed by atoms with E-state index in [0.29, 0.717) is 6.42 Å². The van der Waals surface area contributed by atoms with Crippen LogP contribution in [0.15, 0.2) is 30.3 Å². The minimum Gasteiger partial charge on any atom is -0.294 e. The molecule has 0 amide bonds. The van der Waals surface area contributed by atoms with Gasteiger partial charge in [-0.3, -0.25) is 4.79 Å². The Bertz CT molecular complexity index is 673. The lowest BCUT2D eigenvalue weighted by atomic mass is 9.75. The van der Waals surface area contributed by atoms with Gasteiger partial charge in [0.05, 0.1) is 27.5 Å². The number of hydrogen-bond donors (Lipinski definition) is 0. The van der Waals surface area contributed by atoms with Crippen LogP contribution in [0.1, 0.15) is 46.8 Å². The van der Waals surface area contributed by atoms with Gasteiger partial charge in [0.25, 0.3) is 0 Å². The third kappa shape index (κ3) is 1.94. The van der Waals surface area contributed by atoms with Crippen LogP contribution < -0.4 is 0 Å². The summed E-state index contributed by atoms with van der Waals surface area (Å²) in [4.78, 5) is 12.6. The minimum atomic E-state index is -0.108. The molecule has 0 radical (unpaired) electrons. The number of alkyl halides is 1. The molecule has 1 heterocycles. The molecule has 104 valence electrons. The highest BCUT2D eigenvalue weighted by atomic mass is 79.9. The highest BCUT2D eigenvalue weighted by molar-refractivity contribution is 9.09. The number of aryl methyl sites for hydroxylation is 1. The van der Waals surface area contributed by atoms with E-state index in [1.54, 1.807) is 0 Å². The number of halogens is 1. The van der Waals surface area contributed by atoms with Crippen molar-refractivity contribution in [2.45, 2.75) is 32.0 Å². The summed E-state index contributed by atoms with van der Waals surface area (Å²) in [6, 6.07) is 9.97. The van der Waals surface area contributed by atoms with E-state index in [2.05, 4.69) is 34.9 Å². The van der Waals surface area contributed by atoms with E-state index in [1.807, 2.05) is 41.9 Å². The Morgan fingerprint density at radius 2 is 1.95 bits per heavy atom. The molecule has 0 fully saturated rings. The number of ketones is 1. The standard InChI is InChI=1S/C16H17BrN2O/c1-10-13-12(20)9-16(2,3)15(17)14(13)19(18-10)11-7-5-4-6-8-11/h4-8,15H,9H2,1-3H3/t15-/m1/s1. The van der Waals surface area contributed by atoms with Crippen molar-refractivity contribution >= 4 is 21.7 Å². The Labute approximate surface area is 127 Å². The number of fused-ring (bicyclic) bond motifs is 1. The van der Waals surface area contributed by atoms with Crippen molar-refractivity contribution in [2.24, 2.45) is 5.41 Å². The smallest absolute Gasteiger partial charge is 0.167 e. The molecule has 0 unspecified atom stereocenters. The Morgan fingerprint density at radius 1 is 1.30 bits per heavy atom. The Morgan fingerprint density at radius 3 is 2.60 bits per heavy atom. The third-order valence-corrected chi connectivity index (χ3v) is 5.59. The largest absolute Gasteiger partial charge is 0.294 e. The average Bonchev–Trinajstić information content (AvgIpc) is 2.75. The van der Waals surface area contributed by atoms with Crippen LogP contribution in [0.2, 0.25) is 0 Å². The highest BCUT2D eigenvalue weighted by Crippen LogP contribution is 2.49. The van der Waals surface area contributed by atoms with Crippen molar-refractivity contribution in [3.63, 3.8) is 0 Å². The molecule has 1 aliphatic carbocycles. The summed E-state index contributed by atoms with van der Waals surface area (Å²) >= 11 is 3.78. The highest BCUT2D eigenvalue weighted by Gasteiger charge is 2.42. The number of para-hydroxylation sites is 1. The van der Waals surface area contributed by atoms with Gasteiger partial charge in [0.1, 0.15) is 0 Å². The molecule has 1 aromatic heterocycles. The van der Waals surface area contributed by atoms with Crippen molar-refractivity contribution in [3.05, 3.63) is 47.3 Å². The zero-order valence-corrected chi connectivity index (χ0v) is 13.4. The quantitative estimate of drug-likeness (QED) is 0.732. The number of Topliss-reactive ketones (excluding diaryl/α,β-unsaturated/α-hetero) is 1. The molecule has 0 saturated carbocycles. The van der Waals surface area contributed by atoms with Crippen molar-refractivity contribution in [1.82, 2.24) is 9.78 Å². The molecule has 20 heavy (non-hydrogen) atoms. The normalized spacial score (nSPS) is 20.8. The zero-order chi connectivity index (χ0) is 14.5. The molecule has 0 spiro atoms. The first kappa shape index (κ1) is 13.6. The van der Waals surface area contributed by atoms with Crippen molar-refractivity contribution < 1.29 is 4.79 Å². The number of carbonyl (C=O) groups is 1. The molecular weight excluding hydrogens is 316 g/mol. The van der Waals surface area contributed by atoms with Gasteiger partial charge in [0.15, 0.2) is 5.78 Å². The topological polar surface area (TPSA) is 34.9 Å². The molecule has 1 aromatic carbocycles. The molecule has 3 rings (SSSR count). The Kier molecular flexibility index (Phi) is 3.09.